The van der Waals surface area contributed by atoms with Crippen molar-refractivity contribution in [3.05, 3.63) is 36.4 Å². The summed E-state index contributed by atoms with van der Waals surface area (Å²) in [6.45, 7) is 8.35. The second-order valence-electron chi connectivity index (χ2n) is 9.12. The number of ether oxygens (including phenoxy) is 1. The Balaban J connectivity index is 1.83. The molecule has 0 saturated heterocycles. The molecule has 30 heavy (non-hydrogen) atoms. The van der Waals surface area contributed by atoms with Crippen molar-refractivity contribution in [3.63, 3.8) is 0 Å². The Bertz CT molecular complexity index is 507. The van der Waals surface area contributed by atoms with Gasteiger partial charge in [-0.15, -0.1) is 0 Å². The molecule has 1 nitrogen and oxygen atoms in total. The van der Waals surface area contributed by atoms with Crippen LogP contribution in [-0.4, -0.2) is 6.10 Å². The third-order valence-corrected chi connectivity index (χ3v) is 6.18. The zero-order valence-corrected chi connectivity index (χ0v) is 20.3. The molecule has 1 aromatic rings. The van der Waals surface area contributed by atoms with E-state index in [9.17, 15) is 0 Å². The lowest BCUT2D eigenvalue weighted by molar-refractivity contribution is 0.206. The van der Waals surface area contributed by atoms with Gasteiger partial charge in [0.15, 0.2) is 0 Å². The number of para-hydroxylation sites is 1. The lowest BCUT2D eigenvalue weighted by Gasteiger charge is -2.16. The smallest absolute Gasteiger partial charge is 0.126 e. The SMILES string of the molecule is C=Cc1ccccc1OC(C)CCCCCCCCCCCCCCCCCCC. The Morgan fingerprint density at radius 1 is 0.700 bits per heavy atom. The minimum Gasteiger partial charge on any atom is -0.490 e. The summed E-state index contributed by atoms with van der Waals surface area (Å²) in [6.07, 6.45) is 27.5. The number of unbranched alkanes of at least 4 members (excludes halogenated alkanes) is 16. The summed E-state index contributed by atoms with van der Waals surface area (Å²) in [5, 5.41) is 0. The Kier molecular flexibility index (Phi) is 17.6. The van der Waals surface area contributed by atoms with Crippen molar-refractivity contribution in [2.75, 3.05) is 0 Å². The molecule has 0 aliphatic rings. The van der Waals surface area contributed by atoms with E-state index in [2.05, 4.69) is 26.5 Å². The predicted molar refractivity (Wildman–Crippen MR) is 135 cm³/mol. The molecule has 1 rings (SSSR count). The molecule has 1 atom stereocenters. The average Bonchev–Trinajstić information content (AvgIpc) is 2.76. The van der Waals surface area contributed by atoms with E-state index >= 15 is 0 Å². The van der Waals surface area contributed by atoms with Crippen LogP contribution in [0.15, 0.2) is 30.8 Å². The van der Waals surface area contributed by atoms with Crippen LogP contribution in [0.1, 0.15) is 135 Å². The Labute approximate surface area is 188 Å². The number of hydrogen-bond donors (Lipinski definition) is 0. The summed E-state index contributed by atoms with van der Waals surface area (Å²) >= 11 is 0. The summed E-state index contributed by atoms with van der Waals surface area (Å²) in [5.41, 5.74) is 1.09. The van der Waals surface area contributed by atoms with Gasteiger partial charge < -0.3 is 4.74 Å². The fourth-order valence-electron chi connectivity index (χ4n) is 4.19. The second kappa shape index (κ2) is 19.7. The van der Waals surface area contributed by atoms with Crippen LogP contribution in [0, 0.1) is 0 Å². The molecule has 0 aromatic heterocycles. The molecule has 1 aromatic carbocycles. The molecule has 0 aliphatic heterocycles. The monoisotopic (exact) mass is 414 g/mol. The molecule has 0 amide bonds. The van der Waals surface area contributed by atoms with E-state index < -0.39 is 0 Å². The normalized spacial score (nSPS) is 12.1. The highest BCUT2D eigenvalue weighted by Gasteiger charge is 2.06. The van der Waals surface area contributed by atoms with Gasteiger partial charge in [0.25, 0.3) is 0 Å². The molecule has 0 N–H and O–H groups in total. The highest BCUT2D eigenvalue weighted by Crippen LogP contribution is 2.22. The van der Waals surface area contributed by atoms with Gasteiger partial charge in [0.2, 0.25) is 0 Å². The first-order valence-electron chi connectivity index (χ1n) is 13.2. The van der Waals surface area contributed by atoms with Gasteiger partial charge in [-0.05, 0) is 25.8 Å². The van der Waals surface area contributed by atoms with Crippen LogP contribution in [0.5, 0.6) is 5.75 Å². The van der Waals surface area contributed by atoms with E-state index in [0.29, 0.717) is 0 Å². The minimum absolute atomic E-state index is 0.280. The quantitative estimate of drug-likeness (QED) is 0.182. The maximum Gasteiger partial charge on any atom is 0.126 e. The van der Waals surface area contributed by atoms with Crippen LogP contribution >= 0.6 is 0 Å². The summed E-state index contributed by atoms with van der Waals surface area (Å²) in [7, 11) is 0. The molecule has 172 valence electrons. The molecule has 0 heterocycles. The van der Waals surface area contributed by atoms with Gasteiger partial charge in [0.1, 0.15) is 5.75 Å². The molecule has 0 radical (unpaired) electrons. The van der Waals surface area contributed by atoms with Crippen LogP contribution in [0.4, 0.5) is 0 Å². The highest BCUT2D eigenvalue weighted by atomic mass is 16.5. The minimum atomic E-state index is 0.280. The van der Waals surface area contributed by atoms with Crippen molar-refractivity contribution in [2.45, 2.75) is 136 Å². The Hall–Kier alpha value is -1.24. The van der Waals surface area contributed by atoms with Crippen molar-refractivity contribution in [3.8, 4) is 5.75 Å². The van der Waals surface area contributed by atoms with Crippen LogP contribution < -0.4 is 4.74 Å². The van der Waals surface area contributed by atoms with Crippen LogP contribution in [0.25, 0.3) is 6.08 Å². The number of hydrogen-bond acceptors (Lipinski definition) is 1. The zero-order chi connectivity index (χ0) is 21.7. The molecule has 1 unspecified atom stereocenters. The lowest BCUT2D eigenvalue weighted by Crippen LogP contribution is -2.12. The predicted octanol–water partition coefficient (Wildman–Crippen LogP) is 10.1. The lowest BCUT2D eigenvalue weighted by atomic mass is 10.0. The summed E-state index contributed by atoms with van der Waals surface area (Å²) in [5.74, 6) is 0.965. The first kappa shape index (κ1) is 26.8. The largest absolute Gasteiger partial charge is 0.490 e. The van der Waals surface area contributed by atoms with E-state index in [1.807, 2.05) is 24.3 Å². The van der Waals surface area contributed by atoms with Gasteiger partial charge in [-0.2, -0.15) is 0 Å². The molecule has 0 spiro atoms. The van der Waals surface area contributed by atoms with Crippen LogP contribution in [0.2, 0.25) is 0 Å². The first-order chi connectivity index (χ1) is 14.8. The summed E-state index contributed by atoms with van der Waals surface area (Å²) < 4.78 is 6.09. The highest BCUT2D eigenvalue weighted by molar-refractivity contribution is 5.55. The molecule has 1 heteroatoms. The molecule has 0 aliphatic carbocycles. The van der Waals surface area contributed by atoms with E-state index in [1.54, 1.807) is 0 Å². The second-order valence-corrected chi connectivity index (χ2v) is 9.12. The van der Waals surface area contributed by atoms with Crippen LogP contribution in [0.3, 0.4) is 0 Å². The number of rotatable bonds is 21. The van der Waals surface area contributed by atoms with E-state index in [4.69, 9.17) is 4.74 Å². The van der Waals surface area contributed by atoms with Crippen molar-refractivity contribution in [1.29, 1.82) is 0 Å². The third-order valence-electron chi connectivity index (χ3n) is 6.18. The Morgan fingerprint density at radius 3 is 1.60 bits per heavy atom. The third kappa shape index (κ3) is 14.7. The summed E-state index contributed by atoms with van der Waals surface area (Å²) in [4.78, 5) is 0. The van der Waals surface area contributed by atoms with Crippen molar-refractivity contribution in [2.24, 2.45) is 0 Å². The van der Waals surface area contributed by atoms with E-state index in [-0.39, 0.29) is 6.10 Å². The van der Waals surface area contributed by atoms with Crippen molar-refractivity contribution >= 4 is 6.08 Å². The molecular weight excluding hydrogens is 364 g/mol. The first-order valence-corrected chi connectivity index (χ1v) is 13.2. The van der Waals surface area contributed by atoms with Gasteiger partial charge in [0.05, 0.1) is 6.10 Å². The average molecular weight is 415 g/mol. The molecular formula is C29H50O. The topological polar surface area (TPSA) is 9.23 Å². The fraction of sp³-hybridized carbons (Fsp3) is 0.724. The standard InChI is InChI=1S/C29H50O/c1-4-6-7-8-9-10-11-12-13-14-15-16-17-18-19-20-21-24-27(3)30-29-26-23-22-25-28(29)5-2/h5,22-23,25-27H,2,4,6-21,24H2,1,3H3. The van der Waals surface area contributed by atoms with Gasteiger partial charge in [0, 0.05) is 5.56 Å². The van der Waals surface area contributed by atoms with Gasteiger partial charge in [-0.1, -0.05) is 141 Å². The fourth-order valence-corrected chi connectivity index (χ4v) is 4.19. The van der Waals surface area contributed by atoms with E-state index in [1.165, 1.54) is 109 Å². The zero-order valence-electron chi connectivity index (χ0n) is 20.3. The number of benzene rings is 1. The molecule has 0 bridgehead atoms. The molecule has 0 fully saturated rings. The maximum atomic E-state index is 6.09. The van der Waals surface area contributed by atoms with E-state index in [0.717, 1.165) is 17.7 Å². The van der Waals surface area contributed by atoms with Crippen molar-refractivity contribution in [1.82, 2.24) is 0 Å². The summed E-state index contributed by atoms with van der Waals surface area (Å²) in [6, 6.07) is 8.17. The molecule has 0 saturated carbocycles. The van der Waals surface area contributed by atoms with Crippen molar-refractivity contribution < 1.29 is 4.74 Å². The van der Waals surface area contributed by atoms with Crippen LogP contribution in [-0.2, 0) is 0 Å². The maximum absolute atomic E-state index is 6.09. The van der Waals surface area contributed by atoms with Gasteiger partial charge in [-0.25, -0.2) is 0 Å². The van der Waals surface area contributed by atoms with Gasteiger partial charge in [-0.3, -0.25) is 0 Å². The Morgan fingerprint density at radius 2 is 1.13 bits per heavy atom. The van der Waals surface area contributed by atoms with Gasteiger partial charge >= 0.3 is 0 Å².